The molecule has 1 saturated heterocycles. The Labute approximate surface area is 166 Å². The molecule has 0 amide bonds. The molecule has 10 heteroatoms. The molecule has 1 aromatic heterocycles. The van der Waals surface area contributed by atoms with Crippen molar-refractivity contribution in [3.63, 3.8) is 0 Å². The molecule has 2 aromatic rings. The van der Waals surface area contributed by atoms with Gasteiger partial charge < -0.3 is 24.7 Å². The van der Waals surface area contributed by atoms with Crippen LogP contribution in [0.15, 0.2) is 41.5 Å². The average Bonchev–Trinajstić information content (AvgIpc) is 3.16. The second-order valence-corrected chi connectivity index (χ2v) is 6.33. The van der Waals surface area contributed by atoms with Crippen LogP contribution in [0.1, 0.15) is 12.1 Å². The van der Waals surface area contributed by atoms with Gasteiger partial charge in [-0.25, -0.2) is 9.59 Å². The molecule has 1 aliphatic heterocycles. The standard InChI is InChI=1S/C17H21N3O3.C2H2O4/c1-22-15-4-2-3-5-16(15)23-12-13-6-9-20(10-13)11-14-17(21)19-8-7-18-14;3-1(4)2(5)6/h2-5,7-8,13H,6,9-12H2,1H3,(H,19,21);(H,3,4)(H,5,6). The maximum absolute atomic E-state index is 11.7. The molecule has 3 N–H and O–H groups in total. The summed E-state index contributed by atoms with van der Waals surface area (Å²) < 4.78 is 11.2. The molecule has 1 unspecified atom stereocenters. The minimum absolute atomic E-state index is 0.110. The van der Waals surface area contributed by atoms with E-state index < -0.39 is 11.9 Å². The first kappa shape index (κ1) is 21.9. The Morgan fingerprint density at radius 2 is 1.93 bits per heavy atom. The lowest BCUT2D eigenvalue weighted by molar-refractivity contribution is -0.159. The highest BCUT2D eigenvalue weighted by atomic mass is 16.5. The van der Waals surface area contributed by atoms with E-state index in [4.69, 9.17) is 29.3 Å². The first-order valence-electron chi connectivity index (χ1n) is 8.87. The Morgan fingerprint density at radius 3 is 2.55 bits per heavy atom. The quantitative estimate of drug-likeness (QED) is 0.596. The number of benzene rings is 1. The predicted octanol–water partition coefficient (Wildman–Crippen LogP) is 0.835. The van der Waals surface area contributed by atoms with Crippen LogP contribution in [0.2, 0.25) is 0 Å². The molecular weight excluding hydrogens is 382 g/mol. The van der Waals surface area contributed by atoms with Crippen LogP contribution in [0.3, 0.4) is 0 Å². The zero-order valence-electron chi connectivity index (χ0n) is 15.9. The summed E-state index contributed by atoms with van der Waals surface area (Å²) in [7, 11) is 1.64. The monoisotopic (exact) mass is 405 g/mol. The van der Waals surface area contributed by atoms with E-state index in [1.165, 1.54) is 0 Å². The third-order valence-electron chi connectivity index (χ3n) is 4.25. The van der Waals surface area contributed by atoms with E-state index in [9.17, 15) is 4.79 Å². The number of hydrogen-bond acceptors (Lipinski definition) is 7. The summed E-state index contributed by atoms with van der Waals surface area (Å²) in [5.74, 6) is -1.68. The Hall–Kier alpha value is -3.40. The van der Waals surface area contributed by atoms with Crippen molar-refractivity contribution in [3.8, 4) is 11.5 Å². The van der Waals surface area contributed by atoms with Gasteiger partial charge in [-0.1, -0.05) is 12.1 Å². The Kier molecular flexibility index (Phi) is 8.16. The van der Waals surface area contributed by atoms with E-state index >= 15 is 0 Å². The number of rotatable bonds is 6. The van der Waals surface area contributed by atoms with Crippen molar-refractivity contribution >= 4 is 11.9 Å². The van der Waals surface area contributed by atoms with Crippen molar-refractivity contribution in [2.45, 2.75) is 13.0 Å². The maximum atomic E-state index is 11.7. The molecule has 2 heterocycles. The van der Waals surface area contributed by atoms with Gasteiger partial charge in [0.1, 0.15) is 5.69 Å². The fourth-order valence-electron chi connectivity index (χ4n) is 2.84. The number of ether oxygens (including phenoxy) is 2. The fraction of sp³-hybridized carbons (Fsp3) is 0.368. The van der Waals surface area contributed by atoms with Crippen LogP contribution in [0.25, 0.3) is 0 Å². The SMILES string of the molecule is COc1ccccc1OCC1CCN(Cc2ncc[nH]c2=O)C1.O=C(O)C(=O)O. The molecule has 156 valence electrons. The highest BCUT2D eigenvalue weighted by molar-refractivity contribution is 6.27. The minimum Gasteiger partial charge on any atom is -0.493 e. The van der Waals surface area contributed by atoms with Gasteiger partial charge in [-0.2, -0.15) is 0 Å². The second kappa shape index (κ2) is 10.8. The van der Waals surface area contributed by atoms with Gasteiger partial charge in [0, 0.05) is 31.4 Å². The summed E-state index contributed by atoms with van der Waals surface area (Å²) in [4.78, 5) is 38.9. The van der Waals surface area contributed by atoms with Crippen molar-refractivity contribution in [3.05, 3.63) is 52.7 Å². The molecule has 3 rings (SSSR count). The van der Waals surface area contributed by atoms with E-state index in [2.05, 4.69) is 14.9 Å². The average molecular weight is 405 g/mol. The number of hydrogen-bond donors (Lipinski definition) is 3. The van der Waals surface area contributed by atoms with Crippen LogP contribution in [0.5, 0.6) is 11.5 Å². The Balaban J connectivity index is 0.000000438. The van der Waals surface area contributed by atoms with Gasteiger partial charge in [0.15, 0.2) is 11.5 Å². The number of carboxylic acid groups (broad SMARTS) is 2. The summed E-state index contributed by atoms with van der Waals surface area (Å²) in [5.41, 5.74) is 0.458. The molecule has 1 atom stereocenters. The van der Waals surface area contributed by atoms with E-state index in [-0.39, 0.29) is 5.56 Å². The van der Waals surface area contributed by atoms with Gasteiger partial charge in [-0.15, -0.1) is 0 Å². The number of nitrogens with one attached hydrogen (secondary N) is 1. The first-order chi connectivity index (χ1) is 13.9. The third-order valence-corrected chi connectivity index (χ3v) is 4.25. The highest BCUT2D eigenvalue weighted by Gasteiger charge is 2.24. The van der Waals surface area contributed by atoms with Crippen molar-refractivity contribution in [1.29, 1.82) is 0 Å². The van der Waals surface area contributed by atoms with E-state index in [1.807, 2.05) is 24.3 Å². The molecule has 0 saturated carbocycles. The Morgan fingerprint density at radius 1 is 1.24 bits per heavy atom. The molecule has 1 aliphatic rings. The number of aromatic amines is 1. The number of nitrogens with zero attached hydrogens (tertiary/aromatic N) is 2. The summed E-state index contributed by atoms with van der Waals surface area (Å²) in [5, 5.41) is 14.8. The lowest BCUT2D eigenvalue weighted by Gasteiger charge is -2.16. The summed E-state index contributed by atoms with van der Waals surface area (Å²) >= 11 is 0. The Bertz CT molecular complexity index is 872. The number of methoxy groups -OCH3 is 1. The lowest BCUT2D eigenvalue weighted by Crippen LogP contribution is -2.26. The van der Waals surface area contributed by atoms with Gasteiger partial charge >= 0.3 is 11.9 Å². The first-order valence-corrected chi connectivity index (χ1v) is 8.87. The molecule has 1 fully saturated rings. The largest absolute Gasteiger partial charge is 0.493 e. The molecule has 10 nitrogen and oxygen atoms in total. The number of carbonyl (C=O) groups is 2. The molecule has 0 spiro atoms. The second-order valence-electron chi connectivity index (χ2n) is 6.33. The lowest BCUT2D eigenvalue weighted by atomic mass is 10.1. The van der Waals surface area contributed by atoms with Gasteiger partial charge in [0.2, 0.25) is 0 Å². The minimum atomic E-state index is -1.82. The van der Waals surface area contributed by atoms with E-state index in [0.29, 0.717) is 24.8 Å². The predicted molar refractivity (Wildman–Crippen MR) is 102 cm³/mol. The zero-order chi connectivity index (χ0) is 21.2. The summed E-state index contributed by atoms with van der Waals surface area (Å²) in [6.45, 7) is 3.10. The number of H-pyrrole nitrogens is 1. The number of carboxylic acids is 2. The third kappa shape index (κ3) is 6.92. The number of likely N-dealkylation sites (tertiary alicyclic amines) is 1. The molecule has 1 aromatic carbocycles. The number of para-hydroxylation sites is 2. The van der Waals surface area contributed by atoms with Crippen molar-refractivity contribution in [1.82, 2.24) is 14.9 Å². The number of aromatic nitrogens is 2. The van der Waals surface area contributed by atoms with Crippen LogP contribution in [-0.2, 0) is 16.1 Å². The van der Waals surface area contributed by atoms with Gasteiger partial charge in [-0.05, 0) is 25.1 Å². The molecule has 0 radical (unpaired) electrons. The molecule has 0 aliphatic carbocycles. The van der Waals surface area contributed by atoms with E-state index in [1.54, 1.807) is 19.5 Å². The van der Waals surface area contributed by atoms with Crippen LogP contribution < -0.4 is 15.0 Å². The van der Waals surface area contributed by atoms with Crippen LogP contribution >= 0.6 is 0 Å². The normalized spacial score (nSPS) is 15.8. The molecular formula is C19H23N3O7. The van der Waals surface area contributed by atoms with Crippen molar-refractivity contribution < 1.29 is 29.3 Å². The number of aliphatic carboxylic acids is 2. The van der Waals surface area contributed by atoms with Crippen molar-refractivity contribution in [2.75, 3.05) is 26.8 Å². The summed E-state index contributed by atoms with van der Waals surface area (Å²) in [6, 6.07) is 7.67. The topological polar surface area (TPSA) is 142 Å². The van der Waals surface area contributed by atoms with Gasteiger partial charge in [0.05, 0.1) is 13.7 Å². The smallest absolute Gasteiger partial charge is 0.414 e. The maximum Gasteiger partial charge on any atom is 0.414 e. The van der Waals surface area contributed by atoms with Crippen molar-refractivity contribution in [2.24, 2.45) is 5.92 Å². The van der Waals surface area contributed by atoms with Gasteiger partial charge in [0.25, 0.3) is 5.56 Å². The highest BCUT2D eigenvalue weighted by Crippen LogP contribution is 2.27. The fourth-order valence-corrected chi connectivity index (χ4v) is 2.84. The molecule has 0 bridgehead atoms. The van der Waals surface area contributed by atoms with Crippen LogP contribution in [-0.4, -0.2) is 63.8 Å². The van der Waals surface area contributed by atoms with Crippen LogP contribution in [0, 0.1) is 5.92 Å². The van der Waals surface area contributed by atoms with E-state index in [0.717, 1.165) is 31.0 Å². The summed E-state index contributed by atoms with van der Waals surface area (Å²) in [6.07, 6.45) is 4.23. The zero-order valence-corrected chi connectivity index (χ0v) is 15.9. The van der Waals surface area contributed by atoms with Crippen LogP contribution in [0.4, 0.5) is 0 Å². The van der Waals surface area contributed by atoms with Gasteiger partial charge in [-0.3, -0.25) is 14.7 Å². The molecule has 29 heavy (non-hydrogen) atoms.